The molecule has 11 heavy (non-hydrogen) atoms. The summed E-state index contributed by atoms with van der Waals surface area (Å²) in [6, 6.07) is 9.97. The molecule has 0 radical (unpaired) electrons. The van der Waals surface area contributed by atoms with Gasteiger partial charge in [-0.25, -0.2) is 0 Å². The minimum Gasteiger partial charge on any atom is -0.299 e. The molecule has 0 N–H and O–H groups in total. The predicted molar refractivity (Wildman–Crippen MR) is 50.4 cm³/mol. The number of hydrogen-bond donors (Lipinski definition) is 0. The number of carbonyl (C=O) groups is 1. The topological polar surface area (TPSA) is 17.1 Å². The maximum Gasteiger partial charge on any atom is 0.142 e. The Labute approximate surface area is 74.9 Å². The molecule has 0 aromatic heterocycles. The summed E-state index contributed by atoms with van der Waals surface area (Å²) in [5.74, 6) is 0. The van der Waals surface area contributed by atoms with Gasteiger partial charge in [0.25, 0.3) is 0 Å². The summed E-state index contributed by atoms with van der Waals surface area (Å²) in [5, 5.41) is 0. The number of rotatable bonds is 1. The molecular formula is C9H9BrO. The van der Waals surface area contributed by atoms with Crippen molar-refractivity contribution in [3.8, 4) is 0 Å². The van der Waals surface area contributed by atoms with E-state index in [2.05, 4.69) is 22.5 Å². The second kappa shape index (κ2) is 7.22. The fourth-order valence-corrected chi connectivity index (χ4v) is 0.720. The summed E-state index contributed by atoms with van der Waals surface area (Å²) in [6.45, 7) is 3.11. The molecule has 0 spiro atoms. The molecule has 2 heteroatoms. The van der Waals surface area contributed by atoms with Crippen LogP contribution >= 0.6 is 15.9 Å². The van der Waals surface area contributed by atoms with Gasteiger partial charge in [-0.1, -0.05) is 40.7 Å². The third-order valence-electron chi connectivity index (χ3n) is 0.829. The Balaban J connectivity index is 0.000000218. The summed E-state index contributed by atoms with van der Waals surface area (Å²) in [7, 11) is 0. The molecule has 0 heterocycles. The van der Waals surface area contributed by atoms with Crippen LogP contribution in [0.5, 0.6) is 0 Å². The molecule has 1 nitrogen and oxygen atoms in total. The highest BCUT2D eigenvalue weighted by atomic mass is 79.9. The molecule has 0 atom stereocenters. The van der Waals surface area contributed by atoms with E-state index in [-0.39, 0.29) is 0 Å². The molecule has 0 fully saturated rings. The zero-order chi connectivity index (χ0) is 8.53. The van der Waals surface area contributed by atoms with E-state index in [9.17, 15) is 0 Å². The average molecular weight is 213 g/mol. The second-order valence-electron chi connectivity index (χ2n) is 1.67. The number of hydrogen-bond acceptors (Lipinski definition) is 1. The van der Waals surface area contributed by atoms with Crippen LogP contribution in [0.25, 0.3) is 0 Å². The van der Waals surface area contributed by atoms with Crippen LogP contribution in [0.15, 0.2) is 47.5 Å². The largest absolute Gasteiger partial charge is 0.299 e. The molecule has 0 amide bonds. The van der Waals surface area contributed by atoms with Gasteiger partial charge in [0.1, 0.15) is 6.29 Å². The van der Waals surface area contributed by atoms with Gasteiger partial charge in [0.05, 0.1) is 0 Å². The highest BCUT2D eigenvalue weighted by molar-refractivity contribution is 9.10. The minimum atomic E-state index is 0.639. The Morgan fingerprint density at radius 3 is 1.91 bits per heavy atom. The first-order valence-electron chi connectivity index (χ1n) is 3.08. The van der Waals surface area contributed by atoms with Crippen molar-refractivity contribution in [1.29, 1.82) is 0 Å². The van der Waals surface area contributed by atoms with Crippen LogP contribution in [-0.4, -0.2) is 6.29 Å². The van der Waals surface area contributed by atoms with E-state index < -0.39 is 0 Å². The first-order valence-corrected chi connectivity index (χ1v) is 3.87. The normalized spacial score (nSPS) is 7.36. The molecule has 0 bridgehead atoms. The van der Waals surface area contributed by atoms with Gasteiger partial charge in [-0.3, -0.25) is 4.79 Å². The third kappa shape index (κ3) is 7.00. The molecule has 0 saturated carbocycles. The van der Waals surface area contributed by atoms with Gasteiger partial charge in [0.15, 0.2) is 0 Å². The summed E-state index contributed by atoms with van der Waals surface area (Å²) < 4.78 is 1.13. The molecule has 0 unspecified atom stereocenters. The number of carbonyl (C=O) groups excluding carboxylic acids is 1. The van der Waals surface area contributed by atoms with Crippen LogP contribution in [0.3, 0.4) is 0 Å². The standard InChI is InChI=1S/C6H5Br.C3H4O/c7-6-4-2-1-3-5-6;1-2-3-4/h1-5H;2-3H,1H2. The first-order chi connectivity index (χ1) is 5.31. The monoisotopic (exact) mass is 212 g/mol. The lowest BCUT2D eigenvalue weighted by Crippen LogP contribution is -1.55. The quantitative estimate of drug-likeness (QED) is 0.517. The van der Waals surface area contributed by atoms with Crippen molar-refractivity contribution in [3.63, 3.8) is 0 Å². The van der Waals surface area contributed by atoms with E-state index in [1.54, 1.807) is 0 Å². The van der Waals surface area contributed by atoms with Gasteiger partial charge < -0.3 is 0 Å². The smallest absolute Gasteiger partial charge is 0.142 e. The van der Waals surface area contributed by atoms with Crippen molar-refractivity contribution < 1.29 is 4.79 Å². The van der Waals surface area contributed by atoms with Crippen LogP contribution in [-0.2, 0) is 4.79 Å². The SMILES string of the molecule is Brc1ccccc1.C=CC=O. The highest BCUT2D eigenvalue weighted by Crippen LogP contribution is 2.05. The zero-order valence-corrected chi connectivity index (χ0v) is 7.62. The lowest BCUT2D eigenvalue weighted by Gasteiger charge is -1.80. The Morgan fingerprint density at radius 2 is 1.73 bits per heavy atom. The lowest BCUT2D eigenvalue weighted by atomic mass is 10.4. The molecular weight excluding hydrogens is 204 g/mol. The van der Waals surface area contributed by atoms with Gasteiger partial charge in [-0.15, -0.1) is 0 Å². The Kier molecular flexibility index (Phi) is 6.64. The molecule has 0 aliphatic carbocycles. The molecule has 1 aromatic carbocycles. The molecule has 1 aromatic rings. The van der Waals surface area contributed by atoms with Crippen LogP contribution in [0, 0.1) is 0 Å². The average Bonchev–Trinajstić information content (AvgIpc) is 2.07. The van der Waals surface area contributed by atoms with E-state index in [1.165, 1.54) is 6.08 Å². The number of allylic oxidation sites excluding steroid dienone is 1. The van der Waals surface area contributed by atoms with Crippen molar-refractivity contribution >= 4 is 22.2 Å². The Morgan fingerprint density at radius 1 is 1.27 bits per heavy atom. The van der Waals surface area contributed by atoms with E-state index in [0.717, 1.165) is 4.47 Å². The van der Waals surface area contributed by atoms with E-state index in [1.807, 2.05) is 30.3 Å². The Bertz CT molecular complexity index is 200. The Hall–Kier alpha value is -0.890. The number of halogens is 1. The van der Waals surface area contributed by atoms with Crippen molar-refractivity contribution in [3.05, 3.63) is 47.5 Å². The summed E-state index contributed by atoms with van der Waals surface area (Å²) >= 11 is 3.31. The summed E-state index contributed by atoms with van der Waals surface area (Å²) in [6.07, 6.45) is 1.83. The van der Waals surface area contributed by atoms with Crippen LogP contribution in [0.1, 0.15) is 0 Å². The van der Waals surface area contributed by atoms with Crippen molar-refractivity contribution in [2.24, 2.45) is 0 Å². The summed E-state index contributed by atoms with van der Waals surface area (Å²) in [5.41, 5.74) is 0. The maximum atomic E-state index is 9.06. The van der Waals surface area contributed by atoms with Gasteiger partial charge in [-0.2, -0.15) is 0 Å². The van der Waals surface area contributed by atoms with Gasteiger partial charge in [0, 0.05) is 4.47 Å². The van der Waals surface area contributed by atoms with Gasteiger partial charge in [-0.05, 0) is 18.2 Å². The fourth-order valence-electron chi connectivity index (χ4n) is 0.415. The van der Waals surface area contributed by atoms with E-state index in [4.69, 9.17) is 4.79 Å². The molecule has 0 saturated heterocycles. The zero-order valence-electron chi connectivity index (χ0n) is 6.03. The molecule has 58 valence electrons. The fraction of sp³-hybridized carbons (Fsp3) is 0. The number of aldehydes is 1. The minimum absolute atomic E-state index is 0.639. The third-order valence-corrected chi connectivity index (χ3v) is 1.36. The maximum absolute atomic E-state index is 9.06. The summed E-state index contributed by atoms with van der Waals surface area (Å²) in [4.78, 5) is 9.06. The number of benzene rings is 1. The van der Waals surface area contributed by atoms with Crippen LogP contribution in [0.2, 0.25) is 0 Å². The van der Waals surface area contributed by atoms with E-state index in [0.29, 0.717) is 6.29 Å². The highest BCUT2D eigenvalue weighted by Gasteiger charge is 1.74. The van der Waals surface area contributed by atoms with Crippen LogP contribution < -0.4 is 0 Å². The molecule has 0 aliphatic heterocycles. The first kappa shape index (κ1) is 10.1. The second-order valence-corrected chi connectivity index (χ2v) is 2.58. The lowest BCUT2D eigenvalue weighted by molar-refractivity contribution is -0.104. The van der Waals surface area contributed by atoms with E-state index >= 15 is 0 Å². The van der Waals surface area contributed by atoms with Gasteiger partial charge >= 0.3 is 0 Å². The van der Waals surface area contributed by atoms with Crippen LogP contribution in [0.4, 0.5) is 0 Å². The van der Waals surface area contributed by atoms with Crippen molar-refractivity contribution in [1.82, 2.24) is 0 Å². The molecule has 0 aliphatic rings. The van der Waals surface area contributed by atoms with Crippen molar-refractivity contribution in [2.75, 3.05) is 0 Å². The molecule has 1 rings (SSSR count). The van der Waals surface area contributed by atoms with Crippen molar-refractivity contribution in [2.45, 2.75) is 0 Å². The van der Waals surface area contributed by atoms with Gasteiger partial charge in [0.2, 0.25) is 0 Å². The predicted octanol–water partition coefficient (Wildman–Crippen LogP) is 2.82.